The third-order valence-electron chi connectivity index (χ3n) is 6.69. The quantitative estimate of drug-likeness (QED) is 0.759. The SMILES string of the molecule is CN1CCN(CCC2CCC(O)(CO)CC2)c2c(oc3ccc(C(F)(F)F)cc23)C1=O. The van der Waals surface area contributed by atoms with Crippen LogP contribution in [0.2, 0.25) is 0 Å². The zero-order valence-corrected chi connectivity index (χ0v) is 17.4. The van der Waals surface area contributed by atoms with Crippen molar-refractivity contribution in [3.63, 3.8) is 0 Å². The van der Waals surface area contributed by atoms with E-state index >= 15 is 0 Å². The van der Waals surface area contributed by atoms with Crippen molar-refractivity contribution in [2.75, 3.05) is 38.2 Å². The molecule has 1 aliphatic carbocycles. The molecule has 0 unspecified atom stereocenters. The van der Waals surface area contributed by atoms with E-state index in [0.717, 1.165) is 31.4 Å². The molecule has 2 aliphatic rings. The van der Waals surface area contributed by atoms with Gasteiger partial charge in [0.05, 0.1) is 23.5 Å². The average Bonchev–Trinajstić information content (AvgIpc) is 3.07. The number of benzene rings is 1. The van der Waals surface area contributed by atoms with E-state index in [1.165, 1.54) is 11.0 Å². The second kappa shape index (κ2) is 8.02. The normalized spacial score (nSPS) is 25.1. The molecule has 0 radical (unpaired) electrons. The van der Waals surface area contributed by atoms with Crippen molar-refractivity contribution in [2.24, 2.45) is 5.92 Å². The number of anilines is 1. The summed E-state index contributed by atoms with van der Waals surface area (Å²) in [5.74, 6) is 0.0800. The number of nitrogens with zero attached hydrogens (tertiary/aromatic N) is 2. The summed E-state index contributed by atoms with van der Waals surface area (Å²) < 4.78 is 45.6. The van der Waals surface area contributed by atoms with Crippen molar-refractivity contribution in [3.05, 3.63) is 29.5 Å². The lowest BCUT2D eigenvalue weighted by Gasteiger charge is -2.35. The second-order valence-electron chi connectivity index (χ2n) is 8.82. The fraction of sp³-hybridized carbons (Fsp3) is 0.591. The van der Waals surface area contributed by atoms with E-state index in [2.05, 4.69) is 0 Å². The van der Waals surface area contributed by atoms with Crippen LogP contribution in [0, 0.1) is 5.92 Å². The van der Waals surface area contributed by atoms with E-state index < -0.39 is 17.3 Å². The van der Waals surface area contributed by atoms with Crippen LogP contribution in [0.3, 0.4) is 0 Å². The van der Waals surface area contributed by atoms with Crippen LogP contribution < -0.4 is 4.90 Å². The van der Waals surface area contributed by atoms with Crippen LogP contribution in [-0.2, 0) is 6.18 Å². The summed E-state index contributed by atoms with van der Waals surface area (Å²) >= 11 is 0. The number of amides is 1. The van der Waals surface area contributed by atoms with Crippen LogP contribution >= 0.6 is 0 Å². The molecule has 1 aliphatic heterocycles. The van der Waals surface area contributed by atoms with Crippen LogP contribution in [0.4, 0.5) is 18.9 Å². The fourth-order valence-corrected chi connectivity index (χ4v) is 4.60. The molecule has 0 spiro atoms. The van der Waals surface area contributed by atoms with Crippen LogP contribution in [0.25, 0.3) is 11.0 Å². The number of aliphatic hydroxyl groups is 2. The Hall–Kier alpha value is -2.26. The molecular formula is C22H27F3N2O4. The molecule has 2 N–H and O–H groups in total. The van der Waals surface area contributed by atoms with Gasteiger partial charge < -0.3 is 24.4 Å². The summed E-state index contributed by atoms with van der Waals surface area (Å²) in [6.07, 6.45) is -1.08. The van der Waals surface area contributed by atoms with E-state index in [1.54, 1.807) is 7.05 Å². The number of carbonyl (C=O) groups is 1. The van der Waals surface area contributed by atoms with Gasteiger partial charge in [0.15, 0.2) is 0 Å². The largest absolute Gasteiger partial charge is 0.449 e. The molecule has 170 valence electrons. The smallest absolute Gasteiger partial charge is 0.416 e. The number of furan rings is 1. The molecule has 0 saturated heterocycles. The molecule has 2 aromatic rings. The molecule has 0 atom stereocenters. The molecule has 31 heavy (non-hydrogen) atoms. The number of hydrogen-bond donors (Lipinski definition) is 2. The second-order valence-corrected chi connectivity index (χ2v) is 8.82. The number of likely N-dealkylation sites (N-methyl/N-ethyl adjacent to an activating group) is 1. The van der Waals surface area contributed by atoms with Crippen molar-refractivity contribution < 1.29 is 32.6 Å². The van der Waals surface area contributed by atoms with E-state index in [9.17, 15) is 28.2 Å². The van der Waals surface area contributed by atoms with Crippen molar-refractivity contribution in [1.29, 1.82) is 0 Å². The van der Waals surface area contributed by atoms with Crippen LogP contribution in [0.15, 0.2) is 22.6 Å². The molecular weight excluding hydrogens is 413 g/mol. The summed E-state index contributed by atoms with van der Waals surface area (Å²) in [6.45, 7) is 1.26. The lowest BCUT2D eigenvalue weighted by atomic mass is 9.78. The maximum absolute atomic E-state index is 13.3. The first-order valence-corrected chi connectivity index (χ1v) is 10.6. The van der Waals surface area contributed by atoms with Gasteiger partial charge in [-0.05, 0) is 56.2 Å². The third-order valence-corrected chi connectivity index (χ3v) is 6.69. The number of rotatable bonds is 4. The fourth-order valence-electron chi connectivity index (χ4n) is 4.60. The first-order chi connectivity index (χ1) is 14.6. The predicted octanol–water partition coefficient (Wildman–Crippen LogP) is 3.65. The van der Waals surface area contributed by atoms with E-state index in [-0.39, 0.29) is 23.9 Å². The topological polar surface area (TPSA) is 77.2 Å². The Labute approximate surface area is 178 Å². The Morgan fingerprint density at radius 2 is 1.94 bits per heavy atom. The minimum absolute atomic E-state index is 0.0765. The molecule has 1 fully saturated rings. The van der Waals surface area contributed by atoms with Gasteiger partial charge in [0, 0.05) is 32.1 Å². The number of aliphatic hydroxyl groups excluding tert-OH is 1. The number of fused-ring (bicyclic) bond motifs is 3. The molecule has 0 bridgehead atoms. The summed E-state index contributed by atoms with van der Waals surface area (Å²) in [6, 6.07) is 3.30. The Bertz CT molecular complexity index is 964. The monoisotopic (exact) mass is 440 g/mol. The van der Waals surface area contributed by atoms with Gasteiger partial charge in [-0.15, -0.1) is 0 Å². The van der Waals surface area contributed by atoms with Gasteiger partial charge in [-0.3, -0.25) is 4.79 Å². The van der Waals surface area contributed by atoms with Crippen LogP contribution in [0.1, 0.15) is 48.2 Å². The number of hydrogen-bond acceptors (Lipinski definition) is 5. The van der Waals surface area contributed by atoms with E-state index in [1.807, 2.05) is 4.90 Å². The number of alkyl halides is 3. The van der Waals surface area contributed by atoms with Gasteiger partial charge in [-0.2, -0.15) is 13.2 Å². The summed E-state index contributed by atoms with van der Waals surface area (Å²) in [4.78, 5) is 16.3. The zero-order valence-electron chi connectivity index (χ0n) is 17.4. The Balaban J connectivity index is 1.62. The molecule has 1 aromatic carbocycles. The van der Waals surface area contributed by atoms with Crippen LogP contribution in [0.5, 0.6) is 0 Å². The van der Waals surface area contributed by atoms with Gasteiger partial charge in [0.2, 0.25) is 5.76 Å². The maximum atomic E-state index is 13.3. The van der Waals surface area contributed by atoms with E-state index in [4.69, 9.17) is 4.42 Å². The number of halogens is 3. The predicted molar refractivity (Wildman–Crippen MR) is 109 cm³/mol. The molecule has 9 heteroatoms. The van der Waals surface area contributed by atoms with Crippen molar-refractivity contribution in [2.45, 2.75) is 43.9 Å². The summed E-state index contributed by atoms with van der Waals surface area (Å²) in [7, 11) is 1.65. The minimum Gasteiger partial charge on any atom is -0.449 e. The van der Waals surface area contributed by atoms with Gasteiger partial charge in [-0.25, -0.2) is 0 Å². The van der Waals surface area contributed by atoms with Gasteiger partial charge in [0.1, 0.15) is 5.58 Å². The highest BCUT2D eigenvalue weighted by molar-refractivity contribution is 6.07. The van der Waals surface area contributed by atoms with Gasteiger partial charge in [-0.1, -0.05) is 0 Å². The third kappa shape index (κ3) is 4.25. The molecule has 6 nitrogen and oxygen atoms in total. The lowest BCUT2D eigenvalue weighted by Crippen LogP contribution is -2.38. The van der Waals surface area contributed by atoms with Crippen molar-refractivity contribution in [3.8, 4) is 0 Å². The van der Waals surface area contributed by atoms with E-state index in [0.29, 0.717) is 49.5 Å². The molecule has 4 rings (SSSR count). The molecule has 2 heterocycles. The minimum atomic E-state index is -4.49. The average molecular weight is 440 g/mol. The zero-order chi connectivity index (χ0) is 22.4. The van der Waals surface area contributed by atoms with Crippen molar-refractivity contribution >= 4 is 22.6 Å². The molecule has 1 aromatic heterocycles. The highest BCUT2D eigenvalue weighted by atomic mass is 19.4. The Morgan fingerprint density at radius 3 is 2.58 bits per heavy atom. The first kappa shape index (κ1) is 22.0. The maximum Gasteiger partial charge on any atom is 0.416 e. The number of carbonyl (C=O) groups excluding carboxylic acids is 1. The van der Waals surface area contributed by atoms with Gasteiger partial charge in [0.25, 0.3) is 5.91 Å². The standard InChI is InChI=1S/C22H27F3N2O4/c1-26-10-11-27(9-6-14-4-7-21(30,13-28)8-5-14)18-16-12-15(22(23,24)25)2-3-17(16)31-19(18)20(26)29/h2-3,12,14,28,30H,4-11,13H2,1H3. The Morgan fingerprint density at radius 1 is 1.23 bits per heavy atom. The molecule has 1 saturated carbocycles. The van der Waals surface area contributed by atoms with Gasteiger partial charge >= 0.3 is 6.18 Å². The lowest BCUT2D eigenvalue weighted by molar-refractivity contribution is -0.137. The van der Waals surface area contributed by atoms with Crippen LogP contribution in [-0.4, -0.2) is 59.9 Å². The summed E-state index contributed by atoms with van der Waals surface area (Å²) in [5.41, 5.74) is -1.09. The Kier molecular flexibility index (Phi) is 5.68. The first-order valence-electron chi connectivity index (χ1n) is 10.6. The highest BCUT2D eigenvalue weighted by Gasteiger charge is 2.36. The molecule has 1 amide bonds. The van der Waals surface area contributed by atoms with Crippen molar-refractivity contribution in [1.82, 2.24) is 4.90 Å². The summed E-state index contributed by atoms with van der Waals surface area (Å²) in [5, 5.41) is 19.8. The highest BCUT2D eigenvalue weighted by Crippen LogP contribution is 2.40.